The first-order valence-corrected chi connectivity index (χ1v) is 5.33. The molecule has 3 nitrogen and oxygen atoms in total. The molecule has 0 aliphatic carbocycles. The molecule has 3 heteroatoms. The Bertz CT molecular complexity index is 217. The highest BCUT2D eigenvalue weighted by Crippen LogP contribution is 2.22. The van der Waals surface area contributed by atoms with E-state index in [1.54, 1.807) is 0 Å². The van der Waals surface area contributed by atoms with Crippen LogP contribution in [0.15, 0.2) is 11.6 Å². The fourth-order valence-electron chi connectivity index (χ4n) is 1.75. The molecule has 0 radical (unpaired) electrons. The zero-order valence-electron chi connectivity index (χ0n) is 8.79. The minimum atomic E-state index is -0.283. The fraction of sp³-hybridized carbons (Fsp3) is 0.727. The first kappa shape index (κ1) is 11.2. The van der Waals surface area contributed by atoms with Crippen LogP contribution in [-0.2, 0) is 9.53 Å². The van der Waals surface area contributed by atoms with Gasteiger partial charge in [0.25, 0.3) is 0 Å². The number of unbranched alkanes of at least 4 members (excludes halogenated alkanes) is 1. The zero-order chi connectivity index (χ0) is 10.4. The van der Waals surface area contributed by atoms with Crippen molar-refractivity contribution in [2.24, 2.45) is 11.7 Å². The average molecular weight is 197 g/mol. The van der Waals surface area contributed by atoms with Gasteiger partial charge in [0.05, 0.1) is 6.61 Å². The van der Waals surface area contributed by atoms with Gasteiger partial charge in [0, 0.05) is 18.1 Å². The third-order valence-corrected chi connectivity index (χ3v) is 2.54. The molecule has 1 aliphatic rings. The van der Waals surface area contributed by atoms with Gasteiger partial charge in [0.2, 0.25) is 5.91 Å². The molecule has 0 saturated carbocycles. The van der Waals surface area contributed by atoms with Crippen LogP contribution in [-0.4, -0.2) is 19.1 Å². The molecule has 0 aromatic rings. The molecule has 1 rings (SSSR count). The van der Waals surface area contributed by atoms with Gasteiger partial charge in [-0.2, -0.15) is 0 Å². The summed E-state index contributed by atoms with van der Waals surface area (Å²) in [6, 6.07) is 0. The average Bonchev–Trinajstić information content (AvgIpc) is 2.19. The van der Waals surface area contributed by atoms with E-state index in [1.807, 2.05) is 6.08 Å². The van der Waals surface area contributed by atoms with Crippen molar-refractivity contribution < 1.29 is 9.53 Å². The predicted octanol–water partition coefficient (Wildman–Crippen LogP) is 1.62. The molecule has 14 heavy (non-hydrogen) atoms. The first-order valence-electron chi connectivity index (χ1n) is 5.33. The van der Waals surface area contributed by atoms with Crippen molar-refractivity contribution in [3.63, 3.8) is 0 Å². The minimum Gasteiger partial charge on any atom is -0.381 e. The Kier molecular flexibility index (Phi) is 4.66. The summed E-state index contributed by atoms with van der Waals surface area (Å²) >= 11 is 0. The van der Waals surface area contributed by atoms with Crippen LogP contribution in [0.4, 0.5) is 0 Å². The van der Waals surface area contributed by atoms with Crippen molar-refractivity contribution in [3.05, 3.63) is 11.6 Å². The summed E-state index contributed by atoms with van der Waals surface area (Å²) in [5.74, 6) is -0.0539. The van der Waals surface area contributed by atoms with Gasteiger partial charge >= 0.3 is 0 Å². The third-order valence-electron chi connectivity index (χ3n) is 2.54. The van der Waals surface area contributed by atoms with Gasteiger partial charge in [-0.05, 0) is 19.3 Å². The maximum Gasteiger partial charge on any atom is 0.244 e. The Morgan fingerprint density at radius 2 is 2.43 bits per heavy atom. The van der Waals surface area contributed by atoms with E-state index in [9.17, 15) is 4.79 Å². The molecule has 1 unspecified atom stereocenters. The quantitative estimate of drug-likeness (QED) is 0.696. The van der Waals surface area contributed by atoms with E-state index in [2.05, 4.69) is 6.92 Å². The molecule has 0 aromatic carbocycles. The lowest BCUT2D eigenvalue weighted by molar-refractivity contribution is -0.115. The summed E-state index contributed by atoms with van der Waals surface area (Å²) in [7, 11) is 0. The summed E-state index contributed by atoms with van der Waals surface area (Å²) in [5, 5.41) is 0. The van der Waals surface area contributed by atoms with Crippen LogP contribution in [0.5, 0.6) is 0 Å². The molecule has 1 amide bonds. The van der Waals surface area contributed by atoms with Crippen molar-refractivity contribution in [2.75, 3.05) is 13.2 Å². The standard InChI is InChI=1S/C11H19NO2/c1-2-3-6-10(11(12)13)9-5-4-7-14-8-9/h6,9H,2-5,7-8H2,1H3,(H2,12,13). The van der Waals surface area contributed by atoms with Crippen LogP contribution >= 0.6 is 0 Å². The number of primary amides is 1. The molecule has 1 fully saturated rings. The molecule has 1 heterocycles. The van der Waals surface area contributed by atoms with E-state index in [0.717, 1.165) is 37.9 Å². The Labute approximate surface area is 85.3 Å². The summed E-state index contributed by atoms with van der Waals surface area (Å²) in [5.41, 5.74) is 6.12. The smallest absolute Gasteiger partial charge is 0.244 e. The lowest BCUT2D eigenvalue weighted by Gasteiger charge is -2.23. The number of allylic oxidation sites excluding steroid dienone is 1. The largest absolute Gasteiger partial charge is 0.381 e. The van der Waals surface area contributed by atoms with Crippen LogP contribution in [0.25, 0.3) is 0 Å². The topological polar surface area (TPSA) is 52.3 Å². The number of amides is 1. The second-order valence-corrected chi connectivity index (χ2v) is 3.73. The summed E-state index contributed by atoms with van der Waals surface area (Å²) in [6.45, 7) is 3.56. The summed E-state index contributed by atoms with van der Waals surface area (Å²) < 4.78 is 5.34. The fourth-order valence-corrected chi connectivity index (χ4v) is 1.75. The van der Waals surface area contributed by atoms with E-state index in [1.165, 1.54) is 0 Å². The molecule has 0 bridgehead atoms. The van der Waals surface area contributed by atoms with Crippen molar-refractivity contribution >= 4 is 5.91 Å². The molecule has 0 spiro atoms. The highest BCUT2D eigenvalue weighted by Gasteiger charge is 2.21. The Morgan fingerprint density at radius 1 is 1.64 bits per heavy atom. The molecule has 2 N–H and O–H groups in total. The molecule has 1 atom stereocenters. The first-order chi connectivity index (χ1) is 6.75. The SMILES string of the molecule is CCCC=C(C(N)=O)C1CCCOC1. The lowest BCUT2D eigenvalue weighted by atomic mass is 9.92. The number of hydrogen-bond donors (Lipinski definition) is 1. The third kappa shape index (κ3) is 3.14. The van der Waals surface area contributed by atoms with Gasteiger partial charge in [-0.25, -0.2) is 0 Å². The van der Waals surface area contributed by atoms with Gasteiger partial charge < -0.3 is 10.5 Å². The Balaban J connectivity index is 2.60. The predicted molar refractivity (Wildman–Crippen MR) is 55.7 cm³/mol. The number of ether oxygens (including phenoxy) is 1. The van der Waals surface area contributed by atoms with Gasteiger partial charge in [0.15, 0.2) is 0 Å². The summed E-state index contributed by atoms with van der Waals surface area (Å²) in [6.07, 6.45) is 6.00. The number of rotatable bonds is 4. The maximum atomic E-state index is 11.2. The Morgan fingerprint density at radius 3 is 2.93 bits per heavy atom. The van der Waals surface area contributed by atoms with Crippen LogP contribution in [0.1, 0.15) is 32.6 Å². The van der Waals surface area contributed by atoms with Gasteiger partial charge in [-0.1, -0.05) is 19.4 Å². The van der Waals surface area contributed by atoms with Crippen LogP contribution in [0, 0.1) is 5.92 Å². The van der Waals surface area contributed by atoms with Crippen molar-refractivity contribution in [1.29, 1.82) is 0 Å². The second kappa shape index (κ2) is 5.81. The number of nitrogens with two attached hydrogens (primary N) is 1. The highest BCUT2D eigenvalue weighted by atomic mass is 16.5. The number of carbonyl (C=O) groups excluding carboxylic acids is 1. The van der Waals surface area contributed by atoms with Crippen LogP contribution in [0.3, 0.4) is 0 Å². The second-order valence-electron chi connectivity index (χ2n) is 3.73. The molecule has 1 aliphatic heterocycles. The minimum absolute atomic E-state index is 0.229. The van der Waals surface area contributed by atoms with Crippen molar-refractivity contribution in [3.8, 4) is 0 Å². The molecule has 0 aromatic heterocycles. The highest BCUT2D eigenvalue weighted by molar-refractivity contribution is 5.92. The van der Waals surface area contributed by atoms with Crippen LogP contribution < -0.4 is 5.73 Å². The number of carbonyl (C=O) groups is 1. The molecular formula is C11H19NO2. The zero-order valence-corrected chi connectivity index (χ0v) is 8.79. The monoisotopic (exact) mass is 197 g/mol. The van der Waals surface area contributed by atoms with E-state index >= 15 is 0 Å². The van der Waals surface area contributed by atoms with E-state index in [-0.39, 0.29) is 11.8 Å². The molecule has 1 saturated heterocycles. The van der Waals surface area contributed by atoms with Crippen molar-refractivity contribution in [2.45, 2.75) is 32.6 Å². The lowest BCUT2D eigenvalue weighted by Crippen LogP contribution is -2.27. The van der Waals surface area contributed by atoms with E-state index < -0.39 is 0 Å². The molecular weight excluding hydrogens is 178 g/mol. The van der Waals surface area contributed by atoms with Crippen LogP contribution in [0.2, 0.25) is 0 Å². The normalized spacial score (nSPS) is 23.5. The van der Waals surface area contributed by atoms with Gasteiger partial charge in [0.1, 0.15) is 0 Å². The van der Waals surface area contributed by atoms with Gasteiger partial charge in [-0.15, -0.1) is 0 Å². The number of hydrogen-bond acceptors (Lipinski definition) is 2. The maximum absolute atomic E-state index is 11.2. The van der Waals surface area contributed by atoms with Crippen molar-refractivity contribution in [1.82, 2.24) is 0 Å². The van der Waals surface area contributed by atoms with E-state index in [0.29, 0.717) is 6.61 Å². The summed E-state index contributed by atoms with van der Waals surface area (Å²) in [4.78, 5) is 11.2. The van der Waals surface area contributed by atoms with E-state index in [4.69, 9.17) is 10.5 Å². The molecule has 80 valence electrons. The van der Waals surface area contributed by atoms with Gasteiger partial charge in [-0.3, -0.25) is 4.79 Å². The Hall–Kier alpha value is -0.830.